The van der Waals surface area contributed by atoms with E-state index in [1.54, 1.807) is 6.92 Å². The van der Waals surface area contributed by atoms with Crippen molar-refractivity contribution in [2.45, 2.75) is 6.92 Å². The van der Waals surface area contributed by atoms with Crippen LogP contribution in [0.2, 0.25) is 0 Å². The van der Waals surface area contributed by atoms with Gasteiger partial charge in [0, 0.05) is 0 Å². The Morgan fingerprint density at radius 3 is 1.40 bits per heavy atom. The SMILES string of the molecule is [CH2-]C.[N-]=[Os].[W+2]. The molecule has 0 unspecified atom stereocenters. The molecule has 0 aliphatic carbocycles. The van der Waals surface area contributed by atoms with Crippen molar-refractivity contribution in [3.8, 4) is 0 Å². The average Bonchev–Trinajstić information content (AvgIpc) is 1.50. The van der Waals surface area contributed by atoms with E-state index in [9.17, 15) is 0 Å². The van der Waals surface area contributed by atoms with Crippen LogP contribution in [0, 0.1) is 6.92 Å². The molecule has 0 rings (SSSR count). The van der Waals surface area contributed by atoms with Crippen molar-refractivity contribution in [1.82, 2.24) is 0 Å². The first-order valence-corrected chi connectivity index (χ1v) is 2.00. The van der Waals surface area contributed by atoms with Crippen molar-refractivity contribution in [2.24, 2.45) is 0 Å². The standard InChI is InChI=1S/C2H5.N.Os.W/c1-2;;;/h1H2,2H3;;;/q2*-1;;+2. The van der Waals surface area contributed by atoms with Crippen LogP contribution < -0.4 is 0 Å². The maximum absolute atomic E-state index is 7.03. The van der Waals surface area contributed by atoms with Gasteiger partial charge in [-0.15, -0.1) is 0 Å². The molecule has 3 heteroatoms. The van der Waals surface area contributed by atoms with Crippen LogP contribution in [0.15, 0.2) is 0 Å². The van der Waals surface area contributed by atoms with Crippen LogP contribution in [0.25, 0.3) is 4.06 Å². The van der Waals surface area contributed by atoms with E-state index in [2.05, 4.69) is 6.92 Å². The molecular weight excluding hydrogens is 412 g/mol. The molecule has 1 nitrogen and oxygen atoms in total. The molecule has 0 aromatic carbocycles. The van der Waals surface area contributed by atoms with Gasteiger partial charge in [0.25, 0.3) is 0 Å². The van der Waals surface area contributed by atoms with Gasteiger partial charge in [0.05, 0.1) is 0 Å². The predicted molar refractivity (Wildman–Crippen MR) is 14.4 cm³/mol. The Balaban J connectivity index is -0.0000000133. The Labute approximate surface area is 57.3 Å². The third-order valence-electron chi connectivity index (χ3n) is 0. The number of hydrogen-bond acceptors (Lipinski definition) is 0. The molecule has 0 atom stereocenters. The van der Waals surface area contributed by atoms with E-state index in [0.29, 0.717) is 0 Å². The second-order valence-corrected chi connectivity index (χ2v) is 0. The summed E-state index contributed by atoms with van der Waals surface area (Å²) < 4.78 is 7.03. The normalized spacial score (nSPS) is 2.20. The van der Waals surface area contributed by atoms with Crippen LogP contribution in [-0.2, 0) is 39.5 Å². The minimum absolute atomic E-state index is 0. The van der Waals surface area contributed by atoms with E-state index in [1.807, 2.05) is 0 Å². The van der Waals surface area contributed by atoms with Crippen molar-refractivity contribution in [3.63, 3.8) is 0 Å². The van der Waals surface area contributed by atoms with Crippen LogP contribution in [0.4, 0.5) is 0 Å². The third kappa shape index (κ3) is 39.6. The zero-order valence-corrected chi connectivity index (χ0v) is 8.39. The first-order valence-electron chi connectivity index (χ1n) is 0.865. The molecule has 0 aliphatic rings. The van der Waals surface area contributed by atoms with Crippen LogP contribution in [0.5, 0.6) is 0 Å². The fourth-order valence-corrected chi connectivity index (χ4v) is 0. The van der Waals surface area contributed by atoms with Gasteiger partial charge in [-0.25, -0.2) is 0 Å². The molecule has 0 spiro atoms. The van der Waals surface area contributed by atoms with Crippen molar-refractivity contribution in [2.75, 3.05) is 0 Å². The Morgan fingerprint density at radius 1 is 1.40 bits per heavy atom. The minimum atomic E-state index is 0. The summed E-state index contributed by atoms with van der Waals surface area (Å²) >= 11 is 0.861. The van der Waals surface area contributed by atoms with E-state index in [-0.39, 0.29) is 21.1 Å². The van der Waals surface area contributed by atoms with Gasteiger partial charge in [0.15, 0.2) is 0 Å². The summed E-state index contributed by atoms with van der Waals surface area (Å²) in [5, 5.41) is 0. The largest absolute Gasteiger partial charge is 2.00 e. The fourth-order valence-electron chi connectivity index (χ4n) is 0. The van der Waals surface area contributed by atoms with Gasteiger partial charge in [-0.3, -0.25) is 0 Å². The molecule has 32 valence electrons. The molecule has 0 bridgehead atoms. The summed E-state index contributed by atoms with van der Waals surface area (Å²) in [6, 6.07) is 0. The maximum atomic E-state index is 7.03. The molecule has 0 aromatic rings. The van der Waals surface area contributed by atoms with Gasteiger partial charge in [-0.05, 0) is 0 Å². The summed E-state index contributed by atoms with van der Waals surface area (Å²) in [6.07, 6.45) is 0. The molecule has 0 amide bonds. The van der Waals surface area contributed by atoms with E-state index in [1.165, 1.54) is 0 Å². The first-order chi connectivity index (χ1) is 2.00. The molecule has 5 heavy (non-hydrogen) atoms. The summed E-state index contributed by atoms with van der Waals surface area (Å²) in [6.45, 7) is 5.00. The quantitative estimate of drug-likeness (QED) is 0.528. The first kappa shape index (κ1) is 16.5. The molecule has 0 radical (unpaired) electrons. The zero-order valence-electron chi connectivity index (χ0n) is 2.92. The maximum Gasteiger partial charge on any atom is 2.00 e. The van der Waals surface area contributed by atoms with Crippen LogP contribution in [-0.4, -0.2) is 0 Å². The van der Waals surface area contributed by atoms with E-state index in [4.69, 9.17) is 4.06 Å². The Hall–Kier alpha value is 1.12. The Morgan fingerprint density at radius 2 is 1.40 bits per heavy atom. The Kier molecular flexibility index (Phi) is 227. The molecule has 0 N–H and O–H groups in total. The second kappa shape index (κ2) is 68.9. The topological polar surface area (TPSA) is 22.3 Å². The fraction of sp³-hybridized carbons (Fsp3) is 0.500. The third-order valence-corrected chi connectivity index (χ3v) is 0. The van der Waals surface area contributed by atoms with Crippen molar-refractivity contribution in [3.05, 3.63) is 11.0 Å². The van der Waals surface area contributed by atoms with Crippen LogP contribution in [0.1, 0.15) is 6.92 Å². The number of rotatable bonds is 0. The number of nitrogens with zero attached hydrogens (tertiary/aromatic N) is 1. The summed E-state index contributed by atoms with van der Waals surface area (Å²) in [5.74, 6) is 0. The smallest absolute Gasteiger partial charge is 2.00 e. The van der Waals surface area contributed by atoms with Gasteiger partial charge < -0.3 is 6.92 Å². The van der Waals surface area contributed by atoms with Crippen molar-refractivity contribution in [1.29, 1.82) is 0 Å². The summed E-state index contributed by atoms with van der Waals surface area (Å²) in [5.41, 5.74) is 0. The van der Waals surface area contributed by atoms with E-state index < -0.39 is 0 Å². The monoisotopic (exact) mass is 419 g/mol. The van der Waals surface area contributed by atoms with Gasteiger partial charge in [0.2, 0.25) is 0 Å². The molecule has 0 aliphatic heterocycles. The predicted octanol–water partition coefficient (Wildman–Crippen LogP) is 1.12. The average molecular weight is 417 g/mol. The van der Waals surface area contributed by atoms with Crippen molar-refractivity contribution < 1.29 is 39.5 Å². The van der Waals surface area contributed by atoms with Gasteiger partial charge in [-0.1, -0.05) is 0 Å². The minimum Gasteiger partial charge on any atom is 2.00 e. The molecule has 0 aromatic heterocycles. The van der Waals surface area contributed by atoms with Crippen molar-refractivity contribution >= 4 is 0 Å². The Bertz CT molecular complexity index is 9.61. The zero-order chi connectivity index (χ0) is 4.00. The van der Waals surface area contributed by atoms with E-state index >= 15 is 0 Å². The van der Waals surface area contributed by atoms with Gasteiger partial charge >= 0.3 is 43.5 Å². The van der Waals surface area contributed by atoms with Gasteiger partial charge in [0.1, 0.15) is 0 Å². The molecule has 0 fully saturated rings. The van der Waals surface area contributed by atoms with Crippen LogP contribution in [0.3, 0.4) is 0 Å². The van der Waals surface area contributed by atoms with Crippen LogP contribution >= 0.6 is 0 Å². The van der Waals surface area contributed by atoms with E-state index in [0.717, 1.165) is 18.4 Å². The molecule has 0 saturated heterocycles. The molecule has 0 saturated carbocycles. The molecule has 0 heterocycles. The summed E-state index contributed by atoms with van der Waals surface area (Å²) in [4.78, 5) is 0. The summed E-state index contributed by atoms with van der Waals surface area (Å²) in [7, 11) is 0. The second-order valence-electron chi connectivity index (χ2n) is 0. The molecular formula is C2H5NOsW. The number of hydrogen-bond donors (Lipinski definition) is 0. The van der Waals surface area contributed by atoms with Gasteiger partial charge in [-0.2, -0.15) is 6.92 Å².